The number of ether oxygens (including phenoxy) is 1. The Bertz CT molecular complexity index is 753. The minimum absolute atomic E-state index is 0.122. The van der Waals surface area contributed by atoms with Crippen molar-refractivity contribution in [1.29, 1.82) is 0 Å². The molecule has 1 atom stereocenters. The fraction of sp³-hybridized carbons (Fsp3) is 0.318. The molecule has 1 aliphatic carbocycles. The standard InChI is InChI=1S/C22H23NO2/c1-2-8-16-9-7-14-23(16)22(24)25-15-21-19-12-5-3-10-17(19)18-11-4-6-13-20(18)21/h2-6,10-13,16,21H,1,7-9,14-15H2. The number of carbonyl (C=O) groups excluding carboxylic acids is 1. The molecular formula is C22H23NO2. The van der Waals surface area contributed by atoms with E-state index in [1.807, 2.05) is 11.0 Å². The Morgan fingerprint density at radius 3 is 2.40 bits per heavy atom. The smallest absolute Gasteiger partial charge is 0.410 e. The highest BCUT2D eigenvalue weighted by Crippen LogP contribution is 2.44. The summed E-state index contributed by atoms with van der Waals surface area (Å²) in [5.41, 5.74) is 5.01. The summed E-state index contributed by atoms with van der Waals surface area (Å²) in [6, 6.07) is 17.1. The monoisotopic (exact) mass is 333 g/mol. The molecule has 0 bridgehead atoms. The first-order valence-electron chi connectivity index (χ1n) is 9.02. The molecule has 1 fully saturated rings. The summed E-state index contributed by atoms with van der Waals surface area (Å²) in [6.07, 6.45) is 4.62. The van der Waals surface area contributed by atoms with Crippen LogP contribution in [0.1, 0.15) is 36.3 Å². The van der Waals surface area contributed by atoms with Crippen molar-refractivity contribution in [3.63, 3.8) is 0 Å². The van der Waals surface area contributed by atoms with E-state index in [4.69, 9.17) is 4.74 Å². The number of nitrogens with zero attached hydrogens (tertiary/aromatic N) is 1. The van der Waals surface area contributed by atoms with Crippen LogP contribution in [0.15, 0.2) is 61.2 Å². The molecule has 1 amide bonds. The molecular weight excluding hydrogens is 310 g/mol. The zero-order valence-corrected chi connectivity index (χ0v) is 14.4. The number of amides is 1. The van der Waals surface area contributed by atoms with Crippen molar-refractivity contribution in [1.82, 2.24) is 4.90 Å². The molecule has 2 aromatic carbocycles. The van der Waals surface area contributed by atoms with Gasteiger partial charge in [0.15, 0.2) is 0 Å². The molecule has 1 aliphatic heterocycles. The molecule has 0 radical (unpaired) electrons. The Morgan fingerprint density at radius 2 is 1.76 bits per heavy atom. The number of hydrogen-bond acceptors (Lipinski definition) is 2. The fourth-order valence-corrected chi connectivity index (χ4v) is 4.19. The van der Waals surface area contributed by atoms with Gasteiger partial charge < -0.3 is 9.64 Å². The van der Waals surface area contributed by atoms with Crippen molar-refractivity contribution in [3.05, 3.63) is 72.3 Å². The second kappa shape index (κ2) is 6.75. The van der Waals surface area contributed by atoms with Crippen LogP contribution in [0.3, 0.4) is 0 Å². The third-order valence-electron chi connectivity index (χ3n) is 5.39. The number of fused-ring (bicyclic) bond motifs is 3. The van der Waals surface area contributed by atoms with Gasteiger partial charge in [-0.05, 0) is 41.5 Å². The predicted molar refractivity (Wildman–Crippen MR) is 99.6 cm³/mol. The van der Waals surface area contributed by atoms with Crippen molar-refractivity contribution < 1.29 is 9.53 Å². The number of carbonyl (C=O) groups is 1. The molecule has 1 unspecified atom stereocenters. The molecule has 0 saturated carbocycles. The first-order chi connectivity index (χ1) is 12.3. The van der Waals surface area contributed by atoms with Crippen molar-refractivity contribution in [2.24, 2.45) is 0 Å². The second-order valence-corrected chi connectivity index (χ2v) is 6.82. The Hall–Kier alpha value is -2.55. The van der Waals surface area contributed by atoms with Gasteiger partial charge in [0.05, 0.1) is 0 Å². The number of hydrogen-bond donors (Lipinski definition) is 0. The van der Waals surface area contributed by atoms with E-state index in [2.05, 4.69) is 55.1 Å². The summed E-state index contributed by atoms with van der Waals surface area (Å²) < 4.78 is 5.75. The fourth-order valence-electron chi connectivity index (χ4n) is 4.19. The topological polar surface area (TPSA) is 29.5 Å². The van der Waals surface area contributed by atoms with Gasteiger partial charge in [0.1, 0.15) is 6.61 Å². The van der Waals surface area contributed by atoms with Crippen molar-refractivity contribution in [2.45, 2.75) is 31.2 Å². The van der Waals surface area contributed by atoms with E-state index in [-0.39, 0.29) is 18.1 Å². The highest BCUT2D eigenvalue weighted by Gasteiger charge is 2.32. The van der Waals surface area contributed by atoms with Crippen LogP contribution in [-0.4, -0.2) is 30.2 Å². The Balaban J connectivity index is 1.51. The second-order valence-electron chi connectivity index (χ2n) is 6.82. The van der Waals surface area contributed by atoms with Gasteiger partial charge in [-0.3, -0.25) is 0 Å². The van der Waals surface area contributed by atoms with Gasteiger partial charge in [-0.15, -0.1) is 6.58 Å². The van der Waals surface area contributed by atoms with E-state index < -0.39 is 0 Å². The molecule has 3 nitrogen and oxygen atoms in total. The Kier molecular flexibility index (Phi) is 4.31. The highest BCUT2D eigenvalue weighted by atomic mass is 16.6. The van der Waals surface area contributed by atoms with E-state index in [1.165, 1.54) is 22.3 Å². The summed E-state index contributed by atoms with van der Waals surface area (Å²) in [5, 5.41) is 0. The molecule has 1 saturated heterocycles. The summed E-state index contributed by atoms with van der Waals surface area (Å²) in [7, 11) is 0. The zero-order valence-electron chi connectivity index (χ0n) is 14.4. The van der Waals surface area contributed by atoms with Crippen LogP contribution in [0.4, 0.5) is 4.79 Å². The van der Waals surface area contributed by atoms with Gasteiger partial charge in [0.2, 0.25) is 0 Å². The average Bonchev–Trinajstić information content (AvgIpc) is 3.23. The van der Waals surface area contributed by atoms with E-state index in [0.717, 1.165) is 25.8 Å². The van der Waals surface area contributed by atoms with Crippen molar-refractivity contribution >= 4 is 6.09 Å². The summed E-state index contributed by atoms with van der Waals surface area (Å²) >= 11 is 0. The van der Waals surface area contributed by atoms with Gasteiger partial charge in [0.25, 0.3) is 0 Å². The maximum absolute atomic E-state index is 12.6. The normalized spacial score (nSPS) is 18.7. The number of likely N-dealkylation sites (tertiary alicyclic amines) is 1. The lowest BCUT2D eigenvalue weighted by Crippen LogP contribution is -2.36. The third kappa shape index (κ3) is 2.84. The Labute approximate surface area is 148 Å². The number of rotatable bonds is 4. The Morgan fingerprint density at radius 1 is 1.12 bits per heavy atom. The van der Waals surface area contributed by atoms with Gasteiger partial charge in [-0.1, -0.05) is 54.6 Å². The molecule has 25 heavy (non-hydrogen) atoms. The van der Waals surface area contributed by atoms with Gasteiger partial charge in [-0.25, -0.2) is 4.79 Å². The van der Waals surface area contributed by atoms with Gasteiger partial charge in [0, 0.05) is 18.5 Å². The van der Waals surface area contributed by atoms with Crippen LogP contribution in [0, 0.1) is 0 Å². The molecule has 3 heteroatoms. The molecule has 0 spiro atoms. The largest absolute Gasteiger partial charge is 0.448 e. The molecule has 2 aliphatic rings. The average molecular weight is 333 g/mol. The van der Waals surface area contributed by atoms with Gasteiger partial charge in [-0.2, -0.15) is 0 Å². The van der Waals surface area contributed by atoms with Crippen LogP contribution in [0.2, 0.25) is 0 Å². The van der Waals surface area contributed by atoms with E-state index in [1.54, 1.807) is 0 Å². The maximum Gasteiger partial charge on any atom is 0.410 e. The quantitative estimate of drug-likeness (QED) is 0.739. The lowest BCUT2D eigenvalue weighted by Gasteiger charge is -2.24. The van der Waals surface area contributed by atoms with Crippen LogP contribution in [0.5, 0.6) is 0 Å². The first-order valence-corrected chi connectivity index (χ1v) is 9.02. The molecule has 0 N–H and O–H groups in total. The molecule has 1 heterocycles. The maximum atomic E-state index is 12.6. The minimum Gasteiger partial charge on any atom is -0.448 e. The lowest BCUT2D eigenvalue weighted by atomic mass is 9.98. The summed E-state index contributed by atoms with van der Waals surface area (Å²) in [5.74, 6) is 0.122. The van der Waals surface area contributed by atoms with Crippen molar-refractivity contribution in [3.8, 4) is 11.1 Å². The minimum atomic E-state index is -0.189. The molecule has 0 aromatic heterocycles. The molecule has 4 rings (SSSR count). The molecule has 2 aromatic rings. The zero-order chi connectivity index (χ0) is 17.2. The van der Waals surface area contributed by atoms with Crippen LogP contribution < -0.4 is 0 Å². The van der Waals surface area contributed by atoms with E-state index in [9.17, 15) is 4.79 Å². The first kappa shape index (κ1) is 15.9. The van der Waals surface area contributed by atoms with Crippen LogP contribution >= 0.6 is 0 Å². The van der Waals surface area contributed by atoms with Crippen molar-refractivity contribution in [2.75, 3.05) is 13.2 Å². The lowest BCUT2D eigenvalue weighted by molar-refractivity contribution is 0.0960. The van der Waals surface area contributed by atoms with E-state index in [0.29, 0.717) is 6.61 Å². The highest BCUT2D eigenvalue weighted by molar-refractivity contribution is 5.79. The predicted octanol–water partition coefficient (Wildman–Crippen LogP) is 4.98. The molecule has 128 valence electrons. The van der Waals surface area contributed by atoms with Crippen LogP contribution in [0.25, 0.3) is 11.1 Å². The summed E-state index contributed by atoms with van der Waals surface area (Å²) in [4.78, 5) is 14.5. The summed E-state index contributed by atoms with van der Waals surface area (Å²) in [6.45, 7) is 4.98. The van der Waals surface area contributed by atoms with Gasteiger partial charge >= 0.3 is 6.09 Å². The van der Waals surface area contributed by atoms with E-state index >= 15 is 0 Å². The SMILES string of the molecule is C=CCC1CCCN1C(=O)OCC1c2ccccc2-c2ccccc21. The third-order valence-corrected chi connectivity index (χ3v) is 5.39. The number of benzene rings is 2. The van der Waals surface area contributed by atoms with Crippen LogP contribution in [-0.2, 0) is 4.74 Å².